The Bertz CT molecular complexity index is 1290. The van der Waals surface area contributed by atoms with Crippen LogP contribution in [0.2, 0.25) is 0 Å². The Labute approximate surface area is 183 Å². The summed E-state index contributed by atoms with van der Waals surface area (Å²) >= 11 is 1.22. The lowest BCUT2D eigenvalue weighted by molar-refractivity contribution is 0.102. The number of amides is 1. The van der Waals surface area contributed by atoms with Crippen LogP contribution in [-0.4, -0.2) is 41.3 Å². The molecule has 1 amide bonds. The molecule has 2 unspecified atom stereocenters. The zero-order valence-electron chi connectivity index (χ0n) is 16.5. The van der Waals surface area contributed by atoms with Gasteiger partial charge >= 0.3 is 0 Å². The molecule has 0 spiro atoms. The van der Waals surface area contributed by atoms with Crippen molar-refractivity contribution < 1.29 is 13.2 Å². The number of carbonyl (C=O) groups excluding carboxylic acids is 1. The Kier molecular flexibility index (Phi) is 4.99. The number of pyridine rings is 2. The van der Waals surface area contributed by atoms with Gasteiger partial charge < -0.3 is 9.88 Å². The summed E-state index contributed by atoms with van der Waals surface area (Å²) in [6.07, 6.45) is 3.89. The highest BCUT2D eigenvalue weighted by Gasteiger charge is 2.40. The molecule has 0 radical (unpaired) electrons. The van der Waals surface area contributed by atoms with Crippen molar-refractivity contribution in [1.82, 2.24) is 13.9 Å². The first-order valence-corrected chi connectivity index (χ1v) is 12.2. The number of anilines is 1. The molecule has 3 aromatic rings. The number of hydrogen-bond donors (Lipinski definition) is 1. The number of thiophene rings is 1. The summed E-state index contributed by atoms with van der Waals surface area (Å²) < 4.78 is 29.6. The third-order valence-corrected chi connectivity index (χ3v) is 9.06. The number of fused-ring (bicyclic) bond motifs is 4. The Morgan fingerprint density at radius 1 is 1.10 bits per heavy atom. The number of nitrogens with one attached hydrogen (secondary N) is 1. The normalized spacial score (nSPS) is 20.8. The minimum absolute atomic E-state index is 0.0461. The van der Waals surface area contributed by atoms with Gasteiger partial charge in [0, 0.05) is 49.2 Å². The molecular weight excluding hydrogens is 436 g/mol. The number of aromatic nitrogens is 2. The van der Waals surface area contributed by atoms with E-state index in [9.17, 15) is 18.0 Å². The third kappa shape index (κ3) is 3.60. The summed E-state index contributed by atoms with van der Waals surface area (Å²) in [5.74, 6) is -0.381. The number of sulfonamides is 1. The second-order valence-corrected chi connectivity index (χ2v) is 10.9. The van der Waals surface area contributed by atoms with Crippen molar-refractivity contribution >= 4 is 33.0 Å². The van der Waals surface area contributed by atoms with Crippen molar-refractivity contribution in [2.75, 3.05) is 18.4 Å². The average molecular weight is 457 g/mol. The van der Waals surface area contributed by atoms with E-state index in [1.807, 2.05) is 6.07 Å². The lowest BCUT2D eigenvalue weighted by Gasteiger charge is -2.42. The van der Waals surface area contributed by atoms with Gasteiger partial charge in [-0.25, -0.2) is 8.42 Å². The van der Waals surface area contributed by atoms with Gasteiger partial charge in [0.15, 0.2) is 0 Å². The number of nitrogens with zero attached hydrogens (tertiary/aromatic N) is 3. The minimum Gasteiger partial charge on any atom is -0.317 e. The standard InChI is InChI=1S/C21H20N4O4S2/c26-20(15-5-7-22-8-6-15)23-17-3-4-18-16-10-14(12-25(18)21(17)27)11-24(13-16)31(28,29)19-2-1-9-30-19/h1-9,14,16H,10-13H2,(H,23,26). The van der Waals surface area contributed by atoms with E-state index in [1.54, 1.807) is 44.6 Å². The minimum atomic E-state index is -3.53. The third-order valence-electron chi connectivity index (χ3n) is 5.85. The van der Waals surface area contributed by atoms with Gasteiger partial charge in [0.05, 0.1) is 0 Å². The van der Waals surface area contributed by atoms with Crippen LogP contribution >= 0.6 is 11.3 Å². The SMILES string of the molecule is O=C(Nc1ccc2n(c1=O)CC1CC2CN(S(=O)(=O)c2cccs2)C1)c1ccncc1. The van der Waals surface area contributed by atoms with Gasteiger partial charge in [0.2, 0.25) is 0 Å². The number of hydrogen-bond acceptors (Lipinski definition) is 6. The molecule has 0 aliphatic carbocycles. The molecule has 10 heteroatoms. The van der Waals surface area contributed by atoms with E-state index in [1.165, 1.54) is 23.7 Å². The molecule has 8 nitrogen and oxygen atoms in total. The Morgan fingerprint density at radius 2 is 1.90 bits per heavy atom. The molecule has 5 heterocycles. The van der Waals surface area contributed by atoms with E-state index in [0.29, 0.717) is 29.4 Å². The van der Waals surface area contributed by atoms with Crippen LogP contribution in [0, 0.1) is 5.92 Å². The van der Waals surface area contributed by atoms with Crippen molar-refractivity contribution in [1.29, 1.82) is 0 Å². The molecule has 31 heavy (non-hydrogen) atoms. The van der Waals surface area contributed by atoms with E-state index in [4.69, 9.17) is 0 Å². The van der Waals surface area contributed by atoms with Crippen LogP contribution in [0.25, 0.3) is 0 Å². The van der Waals surface area contributed by atoms with Gasteiger partial charge in [-0.3, -0.25) is 14.6 Å². The lowest BCUT2D eigenvalue weighted by Crippen LogP contribution is -2.49. The van der Waals surface area contributed by atoms with Crippen LogP contribution in [0.5, 0.6) is 0 Å². The van der Waals surface area contributed by atoms with E-state index < -0.39 is 10.0 Å². The van der Waals surface area contributed by atoms with E-state index in [0.717, 1.165) is 12.1 Å². The number of rotatable bonds is 4. The molecule has 2 atom stereocenters. The van der Waals surface area contributed by atoms with Crippen LogP contribution < -0.4 is 10.9 Å². The summed E-state index contributed by atoms with van der Waals surface area (Å²) in [4.78, 5) is 29.4. The summed E-state index contributed by atoms with van der Waals surface area (Å²) in [5, 5.41) is 4.45. The highest BCUT2D eigenvalue weighted by atomic mass is 32.2. The van der Waals surface area contributed by atoms with E-state index >= 15 is 0 Å². The van der Waals surface area contributed by atoms with Gasteiger partial charge in [0.25, 0.3) is 21.5 Å². The monoisotopic (exact) mass is 456 g/mol. The fraction of sp³-hybridized carbons (Fsp3) is 0.286. The molecule has 1 fully saturated rings. The van der Waals surface area contributed by atoms with Crippen molar-refractivity contribution in [3.63, 3.8) is 0 Å². The molecule has 1 N–H and O–H groups in total. The topological polar surface area (TPSA) is 101 Å². The second-order valence-electron chi connectivity index (χ2n) is 7.83. The van der Waals surface area contributed by atoms with E-state index in [2.05, 4.69) is 10.3 Å². The fourth-order valence-electron chi connectivity index (χ4n) is 4.43. The van der Waals surface area contributed by atoms with Crippen LogP contribution in [0.4, 0.5) is 5.69 Å². The van der Waals surface area contributed by atoms with Crippen molar-refractivity contribution in [2.45, 2.75) is 23.1 Å². The zero-order valence-corrected chi connectivity index (χ0v) is 18.1. The first kappa shape index (κ1) is 20.1. The quantitative estimate of drug-likeness (QED) is 0.650. The summed E-state index contributed by atoms with van der Waals surface area (Å²) in [6.45, 7) is 1.16. The van der Waals surface area contributed by atoms with Gasteiger partial charge in [-0.15, -0.1) is 11.3 Å². The smallest absolute Gasteiger partial charge is 0.274 e. The average Bonchev–Trinajstić information content (AvgIpc) is 3.32. The first-order valence-electron chi connectivity index (χ1n) is 9.92. The van der Waals surface area contributed by atoms with Gasteiger partial charge in [-0.2, -0.15) is 4.31 Å². The zero-order chi connectivity index (χ0) is 21.6. The Balaban J connectivity index is 1.42. The molecule has 5 rings (SSSR count). The Hall–Kier alpha value is -2.82. The highest BCUT2D eigenvalue weighted by molar-refractivity contribution is 7.91. The first-order chi connectivity index (χ1) is 14.9. The second kappa shape index (κ2) is 7.70. The molecule has 0 saturated carbocycles. The van der Waals surface area contributed by atoms with Gasteiger partial charge in [-0.05, 0) is 48.1 Å². The largest absolute Gasteiger partial charge is 0.317 e. The summed E-state index contributed by atoms with van der Waals surface area (Å²) in [6, 6.07) is 9.96. The maximum atomic E-state index is 13.1. The lowest BCUT2D eigenvalue weighted by atomic mass is 9.84. The number of carbonyl (C=O) groups is 1. The van der Waals surface area contributed by atoms with E-state index in [-0.39, 0.29) is 29.0 Å². The predicted molar refractivity (Wildman–Crippen MR) is 117 cm³/mol. The van der Waals surface area contributed by atoms with Crippen molar-refractivity contribution in [3.05, 3.63) is 75.8 Å². The van der Waals surface area contributed by atoms with Crippen molar-refractivity contribution in [3.8, 4) is 0 Å². The van der Waals surface area contributed by atoms with Gasteiger partial charge in [-0.1, -0.05) is 6.07 Å². The van der Waals surface area contributed by atoms with Crippen LogP contribution in [0.1, 0.15) is 28.4 Å². The molecule has 2 aliphatic rings. The summed E-state index contributed by atoms with van der Waals surface area (Å²) in [7, 11) is -3.53. The fourth-order valence-corrected chi connectivity index (χ4v) is 7.13. The molecule has 1 saturated heterocycles. The van der Waals surface area contributed by atoms with Crippen molar-refractivity contribution in [2.24, 2.45) is 5.92 Å². The van der Waals surface area contributed by atoms with Crippen LogP contribution in [0.15, 0.2) is 63.2 Å². The molecular formula is C21H20N4O4S2. The summed E-state index contributed by atoms with van der Waals surface area (Å²) in [5.41, 5.74) is 1.19. The van der Waals surface area contributed by atoms with Crippen LogP contribution in [-0.2, 0) is 16.6 Å². The highest BCUT2D eigenvalue weighted by Crippen LogP contribution is 2.38. The molecule has 160 valence electrons. The van der Waals surface area contributed by atoms with Crippen LogP contribution in [0.3, 0.4) is 0 Å². The van der Waals surface area contributed by atoms with Gasteiger partial charge in [0.1, 0.15) is 9.90 Å². The predicted octanol–water partition coefficient (Wildman–Crippen LogP) is 2.37. The number of piperidine rings is 1. The molecule has 3 aromatic heterocycles. The molecule has 2 aliphatic heterocycles. The molecule has 2 bridgehead atoms. The Morgan fingerprint density at radius 3 is 2.65 bits per heavy atom. The maximum Gasteiger partial charge on any atom is 0.274 e. The molecule has 0 aromatic carbocycles. The maximum absolute atomic E-state index is 13.1.